The molecule has 3 aromatic rings. The lowest BCUT2D eigenvalue weighted by atomic mass is 10.2. The molecule has 0 amide bonds. The van der Waals surface area contributed by atoms with Crippen LogP contribution in [-0.2, 0) is 14.6 Å². The van der Waals surface area contributed by atoms with E-state index in [1.807, 2.05) is 0 Å². The Labute approximate surface area is 159 Å². The van der Waals surface area contributed by atoms with Crippen LogP contribution in [0.25, 0.3) is 16.2 Å². The molecule has 0 radical (unpaired) electrons. The number of halogens is 4. The van der Waals surface area contributed by atoms with E-state index in [0.29, 0.717) is 10.7 Å². The molecule has 0 aliphatic rings. The summed E-state index contributed by atoms with van der Waals surface area (Å²) in [5.41, 5.74) is 6.62. The van der Waals surface area contributed by atoms with Crippen molar-refractivity contribution in [2.75, 3.05) is 12.3 Å². The minimum Gasteiger partial charge on any atom is -0.475 e. The van der Waals surface area contributed by atoms with Crippen molar-refractivity contribution in [1.29, 1.82) is 0 Å². The first-order chi connectivity index (χ1) is 12.9. The van der Waals surface area contributed by atoms with E-state index < -0.39 is 22.0 Å². The van der Waals surface area contributed by atoms with E-state index in [1.165, 1.54) is 16.6 Å². The third-order valence-corrected chi connectivity index (χ3v) is 6.18. The zero-order valence-electron chi connectivity index (χ0n) is 13.7. The van der Waals surface area contributed by atoms with Gasteiger partial charge in [-0.2, -0.15) is 13.2 Å². The fourth-order valence-electron chi connectivity index (χ4n) is 1.81. The van der Waals surface area contributed by atoms with Crippen LogP contribution < -0.4 is 5.73 Å². The SMILES string of the molecule is NCCS(=O)(=O)c1nn2cc(-c3ccc(F)cc3)nc2s1.O=C(O)C(F)(F)F. The van der Waals surface area contributed by atoms with Crippen LogP contribution in [0.1, 0.15) is 0 Å². The predicted octanol–water partition coefficient (Wildman–Crippen LogP) is 1.96. The van der Waals surface area contributed by atoms with Gasteiger partial charge in [-0.25, -0.2) is 27.1 Å². The van der Waals surface area contributed by atoms with E-state index in [4.69, 9.17) is 15.6 Å². The van der Waals surface area contributed by atoms with Gasteiger partial charge in [0.1, 0.15) is 5.82 Å². The number of hydrogen-bond donors (Lipinski definition) is 2. The minimum atomic E-state index is -5.08. The monoisotopic (exact) mass is 440 g/mol. The highest BCUT2D eigenvalue weighted by molar-refractivity contribution is 7.93. The molecule has 0 fully saturated rings. The van der Waals surface area contributed by atoms with Crippen molar-refractivity contribution in [2.45, 2.75) is 10.5 Å². The maximum atomic E-state index is 12.9. The zero-order chi connectivity index (χ0) is 21.1. The van der Waals surface area contributed by atoms with Crippen LogP contribution in [-0.4, -0.2) is 52.6 Å². The molecular weight excluding hydrogens is 428 g/mol. The van der Waals surface area contributed by atoms with Crippen LogP contribution in [0.3, 0.4) is 0 Å². The van der Waals surface area contributed by atoms with Gasteiger partial charge in [0.2, 0.25) is 19.1 Å². The van der Waals surface area contributed by atoms with Crippen LogP contribution in [0.5, 0.6) is 0 Å². The fourth-order valence-corrected chi connectivity index (χ4v) is 4.10. The molecule has 2 aromatic heterocycles. The summed E-state index contributed by atoms with van der Waals surface area (Å²) < 4.78 is 69.8. The maximum absolute atomic E-state index is 12.9. The summed E-state index contributed by atoms with van der Waals surface area (Å²) in [5.74, 6) is -3.23. The van der Waals surface area contributed by atoms with Crippen molar-refractivity contribution in [3.8, 4) is 11.3 Å². The molecule has 3 N–H and O–H groups in total. The molecule has 2 heterocycles. The lowest BCUT2D eigenvalue weighted by Gasteiger charge is -1.96. The molecule has 152 valence electrons. The Bertz CT molecular complexity index is 1040. The molecular formula is C14H12F4N4O4S2. The summed E-state index contributed by atoms with van der Waals surface area (Å²) in [5, 5.41) is 11.1. The number of alkyl halides is 3. The summed E-state index contributed by atoms with van der Waals surface area (Å²) in [6, 6.07) is 5.89. The molecule has 28 heavy (non-hydrogen) atoms. The van der Waals surface area contributed by atoms with Crippen LogP contribution in [0, 0.1) is 5.82 Å². The summed E-state index contributed by atoms with van der Waals surface area (Å²) in [7, 11) is -3.45. The molecule has 0 spiro atoms. The fraction of sp³-hybridized carbons (Fsp3) is 0.214. The Balaban J connectivity index is 0.000000345. The largest absolute Gasteiger partial charge is 0.490 e. The first kappa shape index (κ1) is 21.7. The molecule has 0 saturated carbocycles. The molecule has 0 saturated heterocycles. The van der Waals surface area contributed by atoms with Crippen LogP contribution in [0.15, 0.2) is 34.8 Å². The number of benzene rings is 1. The van der Waals surface area contributed by atoms with Gasteiger partial charge in [0.25, 0.3) is 0 Å². The Morgan fingerprint density at radius 2 is 1.82 bits per heavy atom. The van der Waals surface area contributed by atoms with Gasteiger partial charge in [-0.3, -0.25) is 0 Å². The van der Waals surface area contributed by atoms with Gasteiger partial charge in [0.05, 0.1) is 17.6 Å². The first-order valence-corrected chi connectivity index (χ1v) is 9.76. The van der Waals surface area contributed by atoms with E-state index >= 15 is 0 Å². The highest BCUT2D eigenvalue weighted by Crippen LogP contribution is 2.24. The Hall–Kier alpha value is -2.58. The second kappa shape index (κ2) is 8.20. The number of hydrogen-bond acceptors (Lipinski definition) is 7. The molecule has 0 aliphatic heterocycles. The van der Waals surface area contributed by atoms with Crippen molar-refractivity contribution < 1.29 is 35.9 Å². The average Bonchev–Trinajstić information content (AvgIpc) is 3.14. The standard InChI is InChI=1S/C12H11FN4O2S2.C2HF3O2/c13-9-3-1-8(2-4-9)10-7-17-11(15-10)20-12(16-17)21(18,19)6-5-14;3-2(4,5)1(6)7/h1-4,7H,5-6,14H2;(H,6,7). The summed E-state index contributed by atoms with van der Waals surface area (Å²) in [4.78, 5) is 13.7. The van der Waals surface area contributed by atoms with Crippen molar-refractivity contribution in [3.63, 3.8) is 0 Å². The smallest absolute Gasteiger partial charge is 0.475 e. The normalized spacial score (nSPS) is 11.9. The van der Waals surface area contributed by atoms with Gasteiger partial charge in [-0.05, 0) is 24.3 Å². The Morgan fingerprint density at radius 3 is 2.29 bits per heavy atom. The van der Waals surface area contributed by atoms with Crippen molar-refractivity contribution in [2.24, 2.45) is 5.73 Å². The van der Waals surface area contributed by atoms with Crippen molar-refractivity contribution in [3.05, 3.63) is 36.3 Å². The van der Waals surface area contributed by atoms with Gasteiger partial charge in [-0.1, -0.05) is 11.3 Å². The average molecular weight is 440 g/mol. The quantitative estimate of drug-likeness (QED) is 0.594. The number of carboxylic acids is 1. The highest BCUT2D eigenvalue weighted by Gasteiger charge is 2.38. The molecule has 0 atom stereocenters. The topological polar surface area (TPSA) is 128 Å². The Morgan fingerprint density at radius 1 is 1.25 bits per heavy atom. The van der Waals surface area contributed by atoms with Gasteiger partial charge < -0.3 is 10.8 Å². The van der Waals surface area contributed by atoms with Crippen molar-refractivity contribution in [1.82, 2.24) is 14.6 Å². The van der Waals surface area contributed by atoms with Gasteiger partial charge in [0, 0.05) is 12.1 Å². The summed E-state index contributed by atoms with van der Waals surface area (Å²) in [6.07, 6.45) is -3.47. The van der Waals surface area contributed by atoms with E-state index in [2.05, 4.69) is 10.1 Å². The number of carbonyl (C=O) groups is 1. The number of imidazole rings is 1. The molecule has 0 aliphatic carbocycles. The molecule has 0 bridgehead atoms. The van der Waals surface area contributed by atoms with Crippen LogP contribution in [0.4, 0.5) is 17.6 Å². The molecule has 1 aromatic carbocycles. The molecule has 0 unspecified atom stereocenters. The first-order valence-electron chi connectivity index (χ1n) is 7.29. The minimum absolute atomic E-state index is 0.00102. The highest BCUT2D eigenvalue weighted by atomic mass is 32.2. The maximum Gasteiger partial charge on any atom is 0.490 e. The van der Waals surface area contributed by atoms with Gasteiger partial charge in [-0.15, -0.1) is 5.10 Å². The van der Waals surface area contributed by atoms with Crippen molar-refractivity contribution >= 4 is 32.1 Å². The molecule has 14 heteroatoms. The number of aliphatic carboxylic acids is 1. The summed E-state index contributed by atoms with van der Waals surface area (Å²) >= 11 is 0.986. The third kappa shape index (κ3) is 5.24. The molecule has 3 rings (SSSR count). The van der Waals surface area contributed by atoms with E-state index in [1.54, 1.807) is 18.3 Å². The number of rotatable bonds is 4. The second-order valence-corrected chi connectivity index (χ2v) is 8.38. The van der Waals surface area contributed by atoms with E-state index in [9.17, 15) is 26.0 Å². The van der Waals surface area contributed by atoms with Crippen LogP contribution in [0.2, 0.25) is 0 Å². The number of carboxylic acid groups (broad SMARTS) is 1. The number of nitrogens with zero attached hydrogens (tertiary/aromatic N) is 3. The van der Waals surface area contributed by atoms with E-state index in [0.717, 1.165) is 16.9 Å². The number of sulfone groups is 1. The third-order valence-electron chi connectivity index (χ3n) is 3.06. The predicted molar refractivity (Wildman–Crippen MR) is 91.1 cm³/mol. The number of fused-ring (bicyclic) bond motifs is 1. The summed E-state index contributed by atoms with van der Waals surface area (Å²) in [6.45, 7) is 0.0467. The Kier molecular flexibility index (Phi) is 6.36. The number of nitrogens with two attached hydrogens (primary N) is 1. The molecule has 8 nitrogen and oxygen atoms in total. The lowest BCUT2D eigenvalue weighted by Crippen LogP contribution is -2.21. The van der Waals surface area contributed by atoms with E-state index in [-0.39, 0.29) is 22.5 Å². The van der Waals surface area contributed by atoms with Crippen LogP contribution >= 0.6 is 11.3 Å². The van der Waals surface area contributed by atoms with Gasteiger partial charge in [0.15, 0.2) is 0 Å². The number of aromatic nitrogens is 3. The lowest BCUT2D eigenvalue weighted by molar-refractivity contribution is -0.192. The zero-order valence-corrected chi connectivity index (χ0v) is 15.4. The van der Waals surface area contributed by atoms with Gasteiger partial charge >= 0.3 is 12.1 Å². The second-order valence-electron chi connectivity index (χ2n) is 5.14.